The van der Waals surface area contributed by atoms with E-state index in [-0.39, 0.29) is 0 Å². The van der Waals surface area contributed by atoms with E-state index in [0.717, 1.165) is 0 Å². The van der Waals surface area contributed by atoms with Crippen molar-refractivity contribution in [1.29, 1.82) is 0 Å². The Kier molecular flexibility index (Phi) is 6.57. The monoisotopic (exact) mass is 376 g/mol. The number of hydrogen-bond donors (Lipinski definition) is 2. The standard InChI is InChI=1S/C18H17ClN2O5/c1-25-15-7-6-12(19)9-14(15)21-17(23)10-16(22)20-13-5-3-4-11(8-13)18(24)26-2/h3-9H,10H2,1-2H3,(H,20,22)(H,21,23). The maximum atomic E-state index is 12.1. The molecule has 8 heteroatoms. The smallest absolute Gasteiger partial charge is 0.337 e. The van der Waals surface area contributed by atoms with Crippen molar-refractivity contribution in [3.63, 3.8) is 0 Å². The van der Waals surface area contributed by atoms with Crippen molar-refractivity contribution in [2.45, 2.75) is 6.42 Å². The predicted molar refractivity (Wildman–Crippen MR) is 97.7 cm³/mol. The maximum absolute atomic E-state index is 12.1. The lowest BCUT2D eigenvalue weighted by atomic mass is 10.2. The molecule has 0 unspecified atom stereocenters. The number of rotatable bonds is 6. The summed E-state index contributed by atoms with van der Waals surface area (Å²) in [5.41, 5.74) is 1.04. The van der Waals surface area contributed by atoms with Gasteiger partial charge in [-0.25, -0.2) is 4.79 Å². The van der Waals surface area contributed by atoms with Crippen molar-refractivity contribution >= 4 is 40.8 Å². The van der Waals surface area contributed by atoms with Crippen LogP contribution in [0.1, 0.15) is 16.8 Å². The fourth-order valence-electron chi connectivity index (χ4n) is 2.17. The summed E-state index contributed by atoms with van der Waals surface area (Å²) in [6.45, 7) is 0. The summed E-state index contributed by atoms with van der Waals surface area (Å²) in [6.07, 6.45) is -0.419. The van der Waals surface area contributed by atoms with E-state index in [2.05, 4.69) is 15.4 Å². The third-order valence-electron chi connectivity index (χ3n) is 3.32. The molecule has 2 amide bonds. The van der Waals surface area contributed by atoms with Crippen LogP contribution in [0.2, 0.25) is 5.02 Å². The average molecular weight is 377 g/mol. The lowest BCUT2D eigenvalue weighted by molar-refractivity contribution is -0.123. The molecular weight excluding hydrogens is 360 g/mol. The molecule has 0 aromatic heterocycles. The van der Waals surface area contributed by atoms with Gasteiger partial charge >= 0.3 is 5.97 Å². The molecular formula is C18H17ClN2O5. The van der Waals surface area contributed by atoms with Gasteiger partial charge in [-0.1, -0.05) is 17.7 Å². The van der Waals surface area contributed by atoms with Crippen molar-refractivity contribution in [3.8, 4) is 5.75 Å². The van der Waals surface area contributed by atoms with Gasteiger partial charge in [0.1, 0.15) is 12.2 Å². The van der Waals surface area contributed by atoms with Gasteiger partial charge in [-0.2, -0.15) is 0 Å². The van der Waals surface area contributed by atoms with E-state index in [0.29, 0.717) is 27.7 Å². The lowest BCUT2D eigenvalue weighted by Crippen LogP contribution is -2.21. The summed E-state index contributed by atoms with van der Waals surface area (Å²) in [6, 6.07) is 11.0. The molecule has 0 fully saturated rings. The second-order valence-corrected chi connectivity index (χ2v) is 5.63. The second kappa shape index (κ2) is 8.87. The Balaban J connectivity index is 1.99. The zero-order valence-electron chi connectivity index (χ0n) is 14.2. The largest absolute Gasteiger partial charge is 0.495 e. The zero-order valence-corrected chi connectivity index (χ0v) is 14.9. The summed E-state index contributed by atoms with van der Waals surface area (Å²) in [7, 11) is 2.72. The molecule has 0 spiro atoms. The van der Waals surface area contributed by atoms with Crippen LogP contribution in [0.15, 0.2) is 42.5 Å². The molecule has 0 bridgehead atoms. The molecule has 0 aliphatic carbocycles. The van der Waals surface area contributed by atoms with Crippen LogP contribution in [0.3, 0.4) is 0 Å². The van der Waals surface area contributed by atoms with E-state index in [4.69, 9.17) is 16.3 Å². The van der Waals surface area contributed by atoms with Crippen molar-refractivity contribution in [1.82, 2.24) is 0 Å². The van der Waals surface area contributed by atoms with Crippen molar-refractivity contribution in [2.24, 2.45) is 0 Å². The van der Waals surface area contributed by atoms with Crippen LogP contribution >= 0.6 is 11.6 Å². The van der Waals surface area contributed by atoms with Gasteiger partial charge in [-0.15, -0.1) is 0 Å². The molecule has 2 N–H and O–H groups in total. The summed E-state index contributed by atoms with van der Waals surface area (Å²) in [5, 5.41) is 5.55. The normalized spacial score (nSPS) is 9.96. The molecule has 7 nitrogen and oxygen atoms in total. The van der Waals surface area contributed by atoms with Crippen molar-refractivity contribution < 1.29 is 23.9 Å². The molecule has 2 aromatic rings. The zero-order chi connectivity index (χ0) is 19.1. The van der Waals surface area contributed by atoms with E-state index in [9.17, 15) is 14.4 Å². The van der Waals surface area contributed by atoms with E-state index < -0.39 is 24.2 Å². The molecule has 26 heavy (non-hydrogen) atoms. The van der Waals surface area contributed by atoms with Crippen LogP contribution < -0.4 is 15.4 Å². The summed E-state index contributed by atoms with van der Waals surface area (Å²) >= 11 is 5.90. The Morgan fingerprint density at radius 1 is 1.00 bits per heavy atom. The minimum absolute atomic E-state index is 0.290. The first-order valence-corrected chi connectivity index (χ1v) is 7.92. The maximum Gasteiger partial charge on any atom is 0.337 e. The second-order valence-electron chi connectivity index (χ2n) is 5.19. The predicted octanol–water partition coefficient (Wildman–Crippen LogP) is 3.10. The molecule has 0 aliphatic heterocycles. The van der Waals surface area contributed by atoms with Gasteiger partial charge in [0.2, 0.25) is 11.8 Å². The third kappa shape index (κ3) is 5.22. The fourth-order valence-corrected chi connectivity index (χ4v) is 2.34. The quantitative estimate of drug-likeness (QED) is 0.596. The number of hydrogen-bond acceptors (Lipinski definition) is 5. The van der Waals surface area contributed by atoms with Gasteiger partial charge in [-0.05, 0) is 36.4 Å². The molecule has 0 saturated carbocycles. The molecule has 2 rings (SSSR count). The van der Waals surface area contributed by atoms with Gasteiger partial charge in [0.25, 0.3) is 0 Å². The highest BCUT2D eigenvalue weighted by Gasteiger charge is 2.14. The van der Waals surface area contributed by atoms with Crippen LogP contribution in [0.4, 0.5) is 11.4 Å². The summed E-state index contributed by atoms with van der Waals surface area (Å²) in [4.78, 5) is 35.6. The highest BCUT2D eigenvalue weighted by Crippen LogP contribution is 2.27. The molecule has 0 radical (unpaired) electrons. The molecule has 0 saturated heterocycles. The number of halogens is 1. The Hall–Kier alpha value is -3.06. The number of esters is 1. The minimum atomic E-state index is -0.537. The first-order valence-electron chi connectivity index (χ1n) is 7.54. The Morgan fingerprint density at radius 3 is 2.42 bits per heavy atom. The van der Waals surface area contributed by atoms with Crippen LogP contribution in [0.25, 0.3) is 0 Å². The van der Waals surface area contributed by atoms with E-state index >= 15 is 0 Å². The Morgan fingerprint density at radius 2 is 1.73 bits per heavy atom. The molecule has 2 aromatic carbocycles. The van der Waals surface area contributed by atoms with Gasteiger partial charge in [0.15, 0.2) is 0 Å². The number of benzene rings is 2. The van der Waals surface area contributed by atoms with Gasteiger partial charge in [-0.3, -0.25) is 9.59 Å². The Bertz CT molecular complexity index is 838. The van der Waals surface area contributed by atoms with Crippen LogP contribution in [-0.4, -0.2) is 32.0 Å². The van der Waals surface area contributed by atoms with E-state index in [1.54, 1.807) is 30.3 Å². The van der Waals surface area contributed by atoms with Crippen LogP contribution in [-0.2, 0) is 14.3 Å². The van der Waals surface area contributed by atoms with Crippen LogP contribution in [0, 0.1) is 0 Å². The number of ether oxygens (including phenoxy) is 2. The highest BCUT2D eigenvalue weighted by molar-refractivity contribution is 6.31. The Labute approximate surface area is 155 Å². The van der Waals surface area contributed by atoms with Gasteiger partial charge in [0, 0.05) is 10.7 Å². The average Bonchev–Trinajstić information content (AvgIpc) is 2.61. The summed E-state index contributed by atoms with van der Waals surface area (Å²) < 4.78 is 9.75. The molecule has 0 atom stereocenters. The number of anilines is 2. The van der Waals surface area contributed by atoms with Crippen LogP contribution in [0.5, 0.6) is 5.75 Å². The van der Waals surface area contributed by atoms with Gasteiger partial charge < -0.3 is 20.1 Å². The number of methoxy groups -OCH3 is 2. The minimum Gasteiger partial charge on any atom is -0.495 e. The molecule has 0 aliphatic rings. The fraction of sp³-hybridized carbons (Fsp3) is 0.167. The number of nitrogens with one attached hydrogen (secondary N) is 2. The number of carbonyl (C=O) groups excluding carboxylic acids is 3. The highest BCUT2D eigenvalue weighted by atomic mass is 35.5. The SMILES string of the molecule is COC(=O)c1cccc(NC(=O)CC(=O)Nc2cc(Cl)ccc2OC)c1. The number of carbonyl (C=O) groups is 3. The molecule has 0 heterocycles. The van der Waals surface area contributed by atoms with Crippen molar-refractivity contribution in [3.05, 3.63) is 53.1 Å². The van der Waals surface area contributed by atoms with Crippen molar-refractivity contribution in [2.75, 3.05) is 24.9 Å². The topological polar surface area (TPSA) is 93.7 Å². The third-order valence-corrected chi connectivity index (χ3v) is 3.56. The lowest BCUT2D eigenvalue weighted by Gasteiger charge is -2.11. The first kappa shape index (κ1) is 19.3. The number of amides is 2. The summed E-state index contributed by atoms with van der Waals surface area (Å²) in [5.74, 6) is -1.17. The molecule has 136 valence electrons. The van der Waals surface area contributed by atoms with E-state index in [1.165, 1.54) is 26.4 Å². The first-order chi connectivity index (χ1) is 12.4. The van der Waals surface area contributed by atoms with Gasteiger partial charge in [0.05, 0.1) is 25.5 Å². The van der Waals surface area contributed by atoms with E-state index in [1.807, 2.05) is 0 Å².